The number of carbonyl (C=O) groups is 1. The van der Waals surface area contributed by atoms with Crippen molar-refractivity contribution in [2.45, 2.75) is 25.8 Å². The van der Waals surface area contributed by atoms with Gasteiger partial charge >= 0.3 is 5.97 Å². The van der Waals surface area contributed by atoms with E-state index in [1.807, 2.05) is 0 Å². The summed E-state index contributed by atoms with van der Waals surface area (Å²) in [5.41, 5.74) is 0. The number of aliphatic carboxylic acids is 1. The molecule has 0 saturated carbocycles. The minimum Gasteiger partial charge on any atom is -0.480 e. The van der Waals surface area contributed by atoms with E-state index in [0.717, 1.165) is 0 Å². The van der Waals surface area contributed by atoms with Crippen molar-refractivity contribution in [3.63, 3.8) is 0 Å². The van der Waals surface area contributed by atoms with Gasteiger partial charge in [-0.15, -0.1) is 0 Å². The van der Waals surface area contributed by atoms with E-state index in [9.17, 15) is 13.2 Å². The summed E-state index contributed by atoms with van der Waals surface area (Å²) >= 11 is 0. The summed E-state index contributed by atoms with van der Waals surface area (Å²) in [6, 6.07) is -0.615. The van der Waals surface area contributed by atoms with Gasteiger partial charge in [0.05, 0.1) is 5.75 Å². The maximum atomic E-state index is 10.5. The predicted molar refractivity (Wildman–Crippen MR) is 52.3 cm³/mol. The summed E-state index contributed by atoms with van der Waals surface area (Å²) in [5.74, 6) is -1.06. The van der Waals surface area contributed by atoms with Crippen LogP contribution in [0.3, 0.4) is 0 Å². The molecule has 0 aliphatic carbocycles. The highest BCUT2D eigenvalue weighted by Gasteiger charge is 2.13. The third-order valence-electron chi connectivity index (χ3n) is 1.70. The third-order valence-corrected chi connectivity index (χ3v) is 2.56. The zero-order chi connectivity index (χ0) is 11.2. The van der Waals surface area contributed by atoms with Crippen LogP contribution in [0.2, 0.25) is 0 Å². The highest BCUT2D eigenvalue weighted by molar-refractivity contribution is 7.89. The topological polar surface area (TPSA) is 109 Å². The Kier molecular flexibility index (Phi) is 5.66. The molecule has 0 aromatic heterocycles. The summed E-state index contributed by atoms with van der Waals surface area (Å²) in [6.07, 6.45) is 0.785. The minimum absolute atomic E-state index is 0.129. The molecule has 0 spiro atoms. The molecule has 0 saturated heterocycles. The van der Waals surface area contributed by atoms with Crippen molar-refractivity contribution in [1.82, 2.24) is 5.32 Å². The van der Waals surface area contributed by atoms with E-state index in [1.165, 1.54) is 0 Å². The van der Waals surface area contributed by atoms with E-state index in [-0.39, 0.29) is 5.75 Å². The Hall–Kier alpha value is -0.660. The molecule has 0 aromatic carbocycles. The fraction of sp³-hybridized carbons (Fsp3) is 0.857. The second-order valence-corrected chi connectivity index (χ2v) is 4.71. The summed E-state index contributed by atoms with van der Waals surface area (Å²) in [7, 11) is -3.44. The third kappa shape index (κ3) is 6.81. The number of nitrogens with one attached hydrogen (secondary N) is 1. The Morgan fingerprint density at radius 2 is 2.14 bits per heavy atom. The van der Waals surface area contributed by atoms with Gasteiger partial charge in [0, 0.05) is 0 Å². The molecule has 0 aliphatic heterocycles. The van der Waals surface area contributed by atoms with Crippen LogP contribution in [0, 0.1) is 0 Å². The molecule has 0 aliphatic rings. The summed E-state index contributed by atoms with van der Waals surface area (Å²) in [5, 5.41) is 16.1. The number of sulfonamides is 1. The van der Waals surface area contributed by atoms with Crippen molar-refractivity contribution in [1.29, 1.82) is 0 Å². The van der Waals surface area contributed by atoms with Gasteiger partial charge in [0.25, 0.3) is 0 Å². The van der Waals surface area contributed by atoms with Gasteiger partial charge in [0.15, 0.2) is 0 Å². The molecule has 1 unspecified atom stereocenters. The normalized spacial score (nSPS) is 13.9. The van der Waals surface area contributed by atoms with Crippen LogP contribution in [0.25, 0.3) is 0 Å². The quantitative estimate of drug-likeness (QED) is 0.486. The van der Waals surface area contributed by atoms with Crippen molar-refractivity contribution < 1.29 is 18.3 Å². The average molecular weight is 224 g/mol. The molecule has 0 amide bonds. The number of carboxylic acid groups (broad SMARTS) is 1. The fourth-order valence-electron chi connectivity index (χ4n) is 0.956. The van der Waals surface area contributed by atoms with E-state index < -0.39 is 22.0 Å². The number of nitrogens with two attached hydrogens (primary N) is 1. The first kappa shape index (κ1) is 13.3. The second-order valence-electron chi connectivity index (χ2n) is 2.97. The van der Waals surface area contributed by atoms with Gasteiger partial charge in [-0.25, -0.2) is 13.6 Å². The van der Waals surface area contributed by atoms with Gasteiger partial charge < -0.3 is 10.4 Å². The van der Waals surface area contributed by atoms with Crippen LogP contribution in [0.15, 0.2) is 0 Å². The first-order chi connectivity index (χ1) is 6.37. The lowest BCUT2D eigenvalue weighted by Crippen LogP contribution is -2.37. The molecule has 0 aromatic rings. The zero-order valence-corrected chi connectivity index (χ0v) is 8.88. The SMILES string of the molecule is CCC(NCCCS(N)(=O)=O)C(=O)O. The standard InChI is InChI=1S/C7H16N2O4S/c1-2-6(7(10)11)9-4-3-5-14(8,12)13/h6,9H,2-5H2,1H3,(H,10,11)(H2,8,12,13). The molecular formula is C7H16N2O4S. The molecule has 6 nitrogen and oxygen atoms in total. The second kappa shape index (κ2) is 5.94. The van der Waals surface area contributed by atoms with Gasteiger partial charge in [-0.2, -0.15) is 0 Å². The Morgan fingerprint density at radius 1 is 1.57 bits per heavy atom. The van der Waals surface area contributed by atoms with Crippen molar-refractivity contribution in [3.8, 4) is 0 Å². The predicted octanol–water partition coefficient (Wildman–Crippen LogP) is -0.882. The van der Waals surface area contributed by atoms with Crippen LogP contribution < -0.4 is 10.5 Å². The van der Waals surface area contributed by atoms with E-state index in [1.54, 1.807) is 6.92 Å². The molecule has 0 fully saturated rings. The Bertz CT molecular complexity index is 275. The summed E-state index contributed by atoms with van der Waals surface area (Å²) < 4.78 is 21.0. The average Bonchev–Trinajstić information content (AvgIpc) is 2.01. The molecule has 0 bridgehead atoms. The smallest absolute Gasteiger partial charge is 0.320 e. The minimum atomic E-state index is -3.44. The molecule has 7 heteroatoms. The molecule has 14 heavy (non-hydrogen) atoms. The Morgan fingerprint density at radius 3 is 2.50 bits per heavy atom. The van der Waals surface area contributed by atoms with Gasteiger partial charge in [-0.05, 0) is 19.4 Å². The fourth-order valence-corrected chi connectivity index (χ4v) is 1.50. The number of hydrogen-bond donors (Lipinski definition) is 3. The van der Waals surface area contributed by atoms with Gasteiger partial charge in [-0.1, -0.05) is 6.92 Å². The highest BCUT2D eigenvalue weighted by atomic mass is 32.2. The lowest BCUT2D eigenvalue weighted by atomic mass is 10.2. The van der Waals surface area contributed by atoms with Crippen molar-refractivity contribution >= 4 is 16.0 Å². The van der Waals surface area contributed by atoms with Crippen LogP contribution >= 0.6 is 0 Å². The van der Waals surface area contributed by atoms with Gasteiger partial charge in [0.1, 0.15) is 6.04 Å². The van der Waals surface area contributed by atoms with E-state index in [4.69, 9.17) is 10.2 Å². The lowest BCUT2D eigenvalue weighted by Gasteiger charge is -2.11. The monoisotopic (exact) mass is 224 g/mol. The molecule has 0 radical (unpaired) electrons. The van der Waals surface area contributed by atoms with Crippen molar-refractivity contribution in [3.05, 3.63) is 0 Å². The highest BCUT2D eigenvalue weighted by Crippen LogP contribution is 1.91. The van der Waals surface area contributed by atoms with Gasteiger partial charge in [-0.3, -0.25) is 4.79 Å². The Labute approximate surface area is 83.5 Å². The van der Waals surface area contributed by atoms with Gasteiger partial charge in [0.2, 0.25) is 10.0 Å². The first-order valence-electron chi connectivity index (χ1n) is 4.33. The van der Waals surface area contributed by atoms with E-state index >= 15 is 0 Å². The van der Waals surface area contributed by atoms with Crippen LogP contribution in [0.5, 0.6) is 0 Å². The molecule has 4 N–H and O–H groups in total. The van der Waals surface area contributed by atoms with Crippen molar-refractivity contribution in [2.75, 3.05) is 12.3 Å². The van der Waals surface area contributed by atoms with Crippen LogP contribution in [-0.2, 0) is 14.8 Å². The Balaban J connectivity index is 3.68. The molecule has 1 atom stereocenters. The van der Waals surface area contributed by atoms with Crippen LogP contribution in [0.1, 0.15) is 19.8 Å². The number of carboxylic acids is 1. The maximum Gasteiger partial charge on any atom is 0.320 e. The lowest BCUT2D eigenvalue weighted by molar-refractivity contribution is -0.139. The molecule has 0 heterocycles. The van der Waals surface area contributed by atoms with Crippen LogP contribution in [0.4, 0.5) is 0 Å². The molecular weight excluding hydrogens is 208 g/mol. The van der Waals surface area contributed by atoms with E-state index in [0.29, 0.717) is 19.4 Å². The summed E-state index contributed by atoms with van der Waals surface area (Å²) in [6.45, 7) is 2.08. The van der Waals surface area contributed by atoms with E-state index in [2.05, 4.69) is 5.32 Å². The number of rotatable bonds is 7. The van der Waals surface area contributed by atoms with Crippen LogP contribution in [-0.4, -0.2) is 37.8 Å². The largest absolute Gasteiger partial charge is 0.480 e. The number of hydrogen-bond acceptors (Lipinski definition) is 4. The first-order valence-corrected chi connectivity index (χ1v) is 6.05. The van der Waals surface area contributed by atoms with Crippen molar-refractivity contribution in [2.24, 2.45) is 5.14 Å². The maximum absolute atomic E-state index is 10.5. The summed E-state index contributed by atoms with van der Waals surface area (Å²) in [4.78, 5) is 10.5. The molecule has 0 rings (SSSR count). The molecule has 84 valence electrons. The zero-order valence-electron chi connectivity index (χ0n) is 8.06. The number of primary sulfonamides is 1.